The number of nitrogens with zero attached hydrogens (tertiary/aromatic N) is 4. The number of hydrogen-bond acceptors (Lipinski definition) is 4. The number of aldehydes is 1. The first kappa shape index (κ1) is 18.2. The third-order valence-electron chi connectivity index (χ3n) is 3.44. The summed E-state index contributed by atoms with van der Waals surface area (Å²) in [6.45, 7) is 0. The van der Waals surface area contributed by atoms with Gasteiger partial charge in [0.2, 0.25) is 0 Å². The van der Waals surface area contributed by atoms with E-state index >= 15 is 0 Å². The second-order valence-corrected chi connectivity index (χ2v) is 5.81. The van der Waals surface area contributed by atoms with Crippen LogP contribution in [0.5, 0.6) is 0 Å². The minimum atomic E-state index is -4.82. The molecule has 11 heteroatoms. The van der Waals surface area contributed by atoms with E-state index in [0.29, 0.717) is 10.4 Å². The average molecular weight is 403 g/mol. The van der Waals surface area contributed by atoms with Crippen molar-refractivity contribution >= 4 is 29.5 Å². The summed E-state index contributed by atoms with van der Waals surface area (Å²) < 4.78 is 41.2. The van der Waals surface area contributed by atoms with Crippen molar-refractivity contribution in [2.45, 2.75) is 6.18 Å². The van der Waals surface area contributed by atoms with Crippen LogP contribution in [0.25, 0.3) is 11.4 Å². The molecule has 0 aliphatic carbocycles. The fourth-order valence-electron chi connectivity index (χ4n) is 2.27. The SMILES string of the molecule is O=Cc1nnn(-c2ccc(-n3ccc(Cl)c(Cl)c3=O)cc2)c1C(F)(F)F. The Labute approximate surface area is 153 Å². The zero-order valence-corrected chi connectivity index (χ0v) is 14.0. The lowest BCUT2D eigenvalue weighted by atomic mass is 10.2. The minimum Gasteiger partial charge on any atom is -0.296 e. The molecule has 3 rings (SSSR count). The molecule has 6 nitrogen and oxygen atoms in total. The molecule has 0 amide bonds. The van der Waals surface area contributed by atoms with Crippen LogP contribution >= 0.6 is 23.2 Å². The van der Waals surface area contributed by atoms with Gasteiger partial charge >= 0.3 is 6.18 Å². The Morgan fingerprint density at radius 2 is 1.65 bits per heavy atom. The monoisotopic (exact) mass is 402 g/mol. The number of carbonyl (C=O) groups is 1. The average Bonchev–Trinajstić information content (AvgIpc) is 3.05. The summed E-state index contributed by atoms with van der Waals surface area (Å²) in [5.74, 6) is 0. The van der Waals surface area contributed by atoms with E-state index in [-0.39, 0.29) is 22.0 Å². The molecule has 0 radical (unpaired) electrons. The summed E-state index contributed by atoms with van der Waals surface area (Å²) in [5.41, 5.74) is -2.32. The molecule has 134 valence electrons. The van der Waals surface area contributed by atoms with Gasteiger partial charge in [-0.05, 0) is 30.3 Å². The molecule has 0 saturated heterocycles. The van der Waals surface area contributed by atoms with Gasteiger partial charge in [-0.1, -0.05) is 28.4 Å². The highest BCUT2D eigenvalue weighted by Gasteiger charge is 2.39. The van der Waals surface area contributed by atoms with Gasteiger partial charge in [-0.25, -0.2) is 4.68 Å². The van der Waals surface area contributed by atoms with Crippen molar-refractivity contribution in [1.82, 2.24) is 19.6 Å². The summed E-state index contributed by atoms with van der Waals surface area (Å²) in [4.78, 5) is 22.9. The number of alkyl halides is 3. The second kappa shape index (κ2) is 6.58. The number of pyridine rings is 1. The van der Waals surface area contributed by atoms with Crippen LogP contribution in [0.15, 0.2) is 41.3 Å². The van der Waals surface area contributed by atoms with Crippen LogP contribution in [0.4, 0.5) is 13.2 Å². The lowest BCUT2D eigenvalue weighted by Gasteiger charge is -2.11. The fraction of sp³-hybridized carbons (Fsp3) is 0.0667. The molecule has 0 unspecified atom stereocenters. The molecule has 1 aromatic carbocycles. The Morgan fingerprint density at radius 1 is 1.04 bits per heavy atom. The Kier molecular flexibility index (Phi) is 4.59. The Balaban J connectivity index is 2.08. The Hall–Kier alpha value is -2.65. The molecular weight excluding hydrogens is 396 g/mol. The van der Waals surface area contributed by atoms with Crippen LogP contribution in [0.2, 0.25) is 10.0 Å². The number of hydrogen-bond donors (Lipinski definition) is 0. The van der Waals surface area contributed by atoms with Gasteiger partial charge in [0.25, 0.3) is 5.56 Å². The molecule has 0 bridgehead atoms. The highest BCUT2D eigenvalue weighted by molar-refractivity contribution is 6.41. The van der Waals surface area contributed by atoms with Gasteiger partial charge in [0.05, 0.1) is 10.7 Å². The molecule has 2 aromatic heterocycles. The summed E-state index contributed by atoms with van der Waals surface area (Å²) >= 11 is 11.6. The van der Waals surface area contributed by atoms with Crippen molar-refractivity contribution in [2.75, 3.05) is 0 Å². The van der Waals surface area contributed by atoms with Gasteiger partial charge in [0.15, 0.2) is 17.7 Å². The predicted octanol–water partition coefficient (Wildman–Crippen LogP) is 3.56. The first-order valence-corrected chi connectivity index (χ1v) is 7.65. The summed E-state index contributed by atoms with van der Waals surface area (Å²) in [5, 5.41) is 6.52. The lowest BCUT2D eigenvalue weighted by Crippen LogP contribution is -2.18. The summed E-state index contributed by atoms with van der Waals surface area (Å²) in [7, 11) is 0. The third kappa shape index (κ3) is 3.11. The smallest absolute Gasteiger partial charge is 0.296 e. The van der Waals surface area contributed by atoms with Crippen molar-refractivity contribution in [3.05, 3.63) is 68.3 Å². The predicted molar refractivity (Wildman–Crippen MR) is 87.4 cm³/mol. The van der Waals surface area contributed by atoms with Crippen molar-refractivity contribution in [3.8, 4) is 11.4 Å². The van der Waals surface area contributed by atoms with E-state index in [1.165, 1.54) is 41.1 Å². The molecule has 0 N–H and O–H groups in total. The van der Waals surface area contributed by atoms with E-state index in [9.17, 15) is 22.8 Å². The minimum absolute atomic E-state index is 0.00906. The number of benzene rings is 1. The van der Waals surface area contributed by atoms with Gasteiger partial charge in [-0.15, -0.1) is 5.10 Å². The standard InChI is InChI=1S/C15H7Cl2F3N4O2/c16-10-5-6-23(14(26)12(10)17)8-1-3-9(4-2-8)24-13(15(18,19)20)11(7-25)21-22-24/h1-7H. The molecule has 3 aromatic rings. The first-order chi connectivity index (χ1) is 12.2. The maximum absolute atomic E-state index is 13.2. The van der Waals surface area contributed by atoms with Crippen LogP contribution < -0.4 is 5.56 Å². The topological polar surface area (TPSA) is 69.8 Å². The van der Waals surface area contributed by atoms with Gasteiger partial charge < -0.3 is 0 Å². The summed E-state index contributed by atoms with van der Waals surface area (Å²) in [6, 6.07) is 6.78. The van der Waals surface area contributed by atoms with Gasteiger partial charge in [-0.3, -0.25) is 14.2 Å². The van der Waals surface area contributed by atoms with Crippen LogP contribution in [0.1, 0.15) is 16.2 Å². The van der Waals surface area contributed by atoms with Crippen molar-refractivity contribution in [3.63, 3.8) is 0 Å². The molecule has 0 atom stereocenters. The number of carbonyl (C=O) groups excluding carboxylic acids is 1. The highest BCUT2D eigenvalue weighted by Crippen LogP contribution is 2.32. The fourth-order valence-corrected chi connectivity index (χ4v) is 2.56. The molecule has 2 heterocycles. The largest absolute Gasteiger partial charge is 0.435 e. The van der Waals surface area contributed by atoms with Gasteiger partial charge in [0, 0.05) is 11.9 Å². The van der Waals surface area contributed by atoms with Crippen molar-refractivity contribution in [1.29, 1.82) is 0 Å². The van der Waals surface area contributed by atoms with E-state index in [1.54, 1.807) is 0 Å². The van der Waals surface area contributed by atoms with E-state index in [0.717, 1.165) is 0 Å². The first-order valence-electron chi connectivity index (χ1n) is 6.89. The molecule has 0 spiro atoms. The van der Waals surface area contributed by atoms with Crippen LogP contribution in [0, 0.1) is 0 Å². The van der Waals surface area contributed by atoms with Crippen LogP contribution in [0.3, 0.4) is 0 Å². The van der Waals surface area contributed by atoms with Crippen molar-refractivity contribution in [2.24, 2.45) is 0 Å². The zero-order valence-electron chi connectivity index (χ0n) is 12.5. The molecule has 0 aliphatic heterocycles. The second-order valence-electron chi connectivity index (χ2n) is 5.02. The highest BCUT2D eigenvalue weighted by atomic mass is 35.5. The number of rotatable bonds is 3. The number of halogens is 5. The Morgan fingerprint density at radius 3 is 2.23 bits per heavy atom. The maximum Gasteiger partial charge on any atom is 0.435 e. The van der Waals surface area contributed by atoms with E-state index < -0.39 is 23.1 Å². The zero-order chi connectivity index (χ0) is 19.1. The lowest BCUT2D eigenvalue weighted by molar-refractivity contribution is -0.143. The van der Waals surface area contributed by atoms with Crippen LogP contribution in [-0.2, 0) is 6.18 Å². The normalized spacial score (nSPS) is 11.6. The Bertz CT molecular complexity index is 1040. The van der Waals surface area contributed by atoms with E-state index in [4.69, 9.17) is 23.2 Å². The number of aromatic nitrogens is 4. The van der Waals surface area contributed by atoms with E-state index in [1.807, 2.05) is 0 Å². The molecule has 0 saturated carbocycles. The van der Waals surface area contributed by atoms with Crippen LogP contribution in [-0.4, -0.2) is 25.8 Å². The summed E-state index contributed by atoms with van der Waals surface area (Å²) in [6.07, 6.45) is -3.46. The molecule has 26 heavy (non-hydrogen) atoms. The van der Waals surface area contributed by atoms with Gasteiger partial charge in [-0.2, -0.15) is 13.2 Å². The molecule has 0 fully saturated rings. The maximum atomic E-state index is 13.2. The van der Waals surface area contributed by atoms with Crippen molar-refractivity contribution < 1.29 is 18.0 Å². The van der Waals surface area contributed by atoms with Gasteiger partial charge in [0.1, 0.15) is 5.02 Å². The molecular formula is C15H7Cl2F3N4O2. The quantitative estimate of drug-likeness (QED) is 0.628. The third-order valence-corrected chi connectivity index (χ3v) is 4.21. The molecule has 0 aliphatic rings. The van der Waals surface area contributed by atoms with E-state index in [2.05, 4.69) is 10.3 Å².